The number of nitrogens with zero attached hydrogens (tertiary/aromatic N) is 4. The van der Waals surface area contributed by atoms with Gasteiger partial charge in [0.2, 0.25) is 5.95 Å². The Kier molecular flexibility index (Phi) is 5.29. The second-order valence-electron chi connectivity index (χ2n) is 7.60. The topological polar surface area (TPSA) is 132 Å². The van der Waals surface area contributed by atoms with Gasteiger partial charge in [-0.2, -0.15) is 0 Å². The van der Waals surface area contributed by atoms with Gasteiger partial charge in [0.05, 0.1) is 22.9 Å². The van der Waals surface area contributed by atoms with E-state index < -0.39 is 17.0 Å². The number of aromatic amines is 1. The van der Waals surface area contributed by atoms with Crippen LogP contribution in [-0.4, -0.2) is 39.7 Å². The van der Waals surface area contributed by atoms with Gasteiger partial charge in [-0.1, -0.05) is 24.3 Å². The molecule has 0 saturated carbocycles. The van der Waals surface area contributed by atoms with E-state index in [-0.39, 0.29) is 6.54 Å². The Balaban J connectivity index is 1.54. The summed E-state index contributed by atoms with van der Waals surface area (Å²) in [6, 6.07) is 15.0. The lowest BCUT2D eigenvalue weighted by atomic mass is 10.0. The number of hydrogen-bond acceptors (Lipinski definition) is 7. The van der Waals surface area contributed by atoms with E-state index in [1.54, 1.807) is 16.8 Å². The molecular weight excluding hydrogens is 444 g/mol. The predicted molar refractivity (Wildman–Crippen MR) is 124 cm³/mol. The fraction of sp³-hybridized carbons (Fsp3) is 0.136. The molecule has 0 aliphatic heterocycles. The van der Waals surface area contributed by atoms with E-state index in [0.717, 1.165) is 27.9 Å². The molecule has 0 amide bonds. The molecule has 1 atom stereocenters. The van der Waals surface area contributed by atoms with Gasteiger partial charge in [-0.15, -0.1) is 5.10 Å². The maximum Gasteiger partial charge on any atom is 0.417 e. The highest BCUT2D eigenvalue weighted by atomic mass is 32.2. The minimum atomic E-state index is -2.32. The summed E-state index contributed by atoms with van der Waals surface area (Å²) in [5, 5.41) is 7.83. The second-order valence-corrected chi connectivity index (χ2v) is 8.66. The molecule has 0 radical (unpaired) electrons. The van der Waals surface area contributed by atoms with E-state index >= 15 is 0 Å². The van der Waals surface area contributed by atoms with Gasteiger partial charge in [-0.25, -0.2) is 18.6 Å². The van der Waals surface area contributed by atoms with E-state index in [1.165, 1.54) is 11.4 Å². The third-order valence-electron chi connectivity index (χ3n) is 5.35. The van der Waals surface area contributed by atoms with Crippen LogP contribution >= 0.6 is 0 Å². The SMILES string of the molecule is Cc1cc2[nH]c(=O)oc2cc1Nc1ncc2ccc(-c3ccccc3CN(C)S(=O)[O-])n2n1. The molecule has 33 heavy (non-hydrogen) atoms. The summed E-state index contributed by atoms with van der Waals surface area (Å²) < 4.78 is 30.8. The first kappa shape index (κ1) is 21.1. The summed E-state index contributed by atoms with van der Waals surface area (Å²) in [6.45, 7) is 2.14. The molecule has 10 nitrogen and oxygen atoms in total. The average molecular weight is 463 g/mol. The highest BCUT2D eigenvalue weighted by molar-refractivity contribution is 7.76. The van der Waals surface area contributed by atoms with Crippen molar-refractivity contribution in [2.75, 3.05) is 12.4 Å². The van der Waals surface area contributed by atoms with Gasteiger partial charge in [0, 0.05) is 35.1 Å². The Hall–Kier alpha value is -3.80. The summed E-state index contributed by atoms with van der Waals surface area (Å²) in [7, 11) is 1.52. The largest absolute Gasteiger partial charge is 0.760 e. The number of aromatic nitrogens is 4. The van der Waals surface area contributed by atoms with Crippen LogP contribution in [0.5, 0.6) is 0 Å². The number of aryl methyl sites for hydroxylation is 1. The van der Waals surface area contributed by atoms with Gasteiger partial charge < -0.3 is 14.3 Å². The number of hydrogen-bond donors (Lipinski definition) is 2. The van der Waals surface area contributed by atoms with Crippen LogP contribution in [0.25, 0.3) is 27.9 Å². The monoisotopic (exact) mass is 463 g/mol. The fourth-order valence-electron chi connectivity index (χ4n) is 3.72. The summed E-state index contributed by atoms with van der Waals surface area (Å²) in [4.78, 5) is 18.5. The maximum absolute atomic E-state index is 11.5. The number of fused-ring (bicyclic) bond motifs is 2. The Morgan fingerprint density at radius 1 is 1.24 bits per heavy atom. The lowest BCUT2D eigenvalue weighted by molar-refractivity contribution is 0.431. The Labute approximate surface area is 190 Å². The standard InChI is InChI=1S/C22H20N6O4S/c1-13-9-18-20(32-22(29)25-18)10-17(13)24-21-23-11-15-7-8-19(28(15)26-21)16-6-4-3-5-14(16)12-27(2)33(30)31/h3-11H,12H2,1-2H3,(H,24,26)(H,25,29)(H,30,31)/p-1. The van der Waals surface area contributed by atoms with Gasteiger partial charge in [-0.3, -0.25) is 9.19 Å². The fourth-order valence-corrected chi connectivity index (χ4v) is 3.97. The summed E-state index contributed by atoms with van der Waals surface area (Å²) in [5.41, 5.74) is 5.95. The molecule has 0 spiro atoms. The molecule has 5 rings (SSSR count). The smallest absolute Gasteiger partial charge is 0.417 e. The third-order valence-corrected chi connectivity index (χ3v) is 5.99. The molecule has 2 aromatic carbocycles. The summed E-state index contributed by atoms with van der Waals surface area (Å²) in [5.74, 6) is -0.156. The van der Waals surface area contributed by atoms with Crippen molar-refractivity contribution in [2.24, 2.45) is 0 Å². The van der Waals surface area contributed by atoms with E-state index in [9.17, 15) is 13.6 Å². The number of rotatable bonds is 6. The quantitative estimate of drug-likeness (QED) is 0.370. The summed E-state index contributed by atoms with van der Waals surface area (Å²) in [6.07, 6.45) is 1.70. The van der Waals surface area contributed by atoms with Gasteiger partial charge in [0.1, 0.15) is 0 Å². The molecule has 0 saturated heterocycles. The highest BCUT2D eigenvalue weighted by Crippen LogP contribution is 2.28. The predicted octanol–water partition coefficient (Wildman–Crippen LogP) is 3.11. The zero-order valence-electron chi connectivity index (χ0n) is 17.7. The number of H-pyrrole nitrogens is 1. The van der Waals surface area contributed by atoms with Crippen molar-refractivity contribution in [3.63, 3.8) is 0 Å². The van der Waals surface area contributed by atoms with Crippen LogP contribution in [0, 0.1) is 6.92 Å². The van der Waals surface area contributed by atoms with Gasteiger partial charge in [-0.05, 0) is 43.3 Å². The van der Waals surface area contributed by atoms with E-state index in [2.05, 4.69) is 20.4 Å². The van der Waals surface area contributed by atoms with Crippen LogP contribution in [-0.2, 0) is 17.8 Å². The highest BCUT2D eigenvalue weighted by Gasteiger charge is 2.14. The first-order valence-corrected chi connectivity index (χ1v) is 11.1. The molecule has 168 valence electrons. The van der Waals surface area contributed by atoms with Crippen molar-refractivity contribution in [1.29, 1.82) is 0 Å². The molecule has 3 heterocycles. The minimum absolute atomic E-state index is 0.233. The van der Waals surface area contributed by atoms with Crippen LogP contribution < -0.4 is 11.1 Å². The number of benzene rings is 2. The molecule has 3 aromatic heterocycles. The molecule has 5 aromatic rings. The van der Waals surface area contributed by atoms with Crippen LogP contribution in [0.15, 0.2) is 63.9 Å². The van der Waals surface area contributed by atoms with Crippen molar-refractivity contribution in [1.82, 2.24) is 23.9 Å². The minimum Gasteiger partial charge on any atom is -0.760 e. The Morgan fingerprint density at radius 2 is 2.06 bits per heavy atom. The first-order chi connectivity index (χ1) is 15.9. The van der Waals surface area contributed by atoms with Crippen molar-refractivity contribution < 1.29 is 13.2 Å². The second kappa shape index (κ2) is 8.28. The average Bonchev–Trinajstić information content (AvgIpc) is 3.36. The third kappa shape index (κ3) is 4.04. The van der Waals surface area contributed by atoms with Gasteiger partial charge >= 0.3 is 5.76 Å². The van der Waals surface area contributed by atoms with Crippen LogP contribution in [0.3, 0.4) is 0 Å². The normalized spacial score (nSPS) is 12.6. The number of anilines is 2. The van der Waals surface area contributed by atoms with Crippen LogP contribution in [0.2, 0.25) is 0 Å². The summed E-state index contributed by atoms with van der Waals surface area (Å²) >= 11 is -2.32. The van der Waals surface area contributed by atoms with E-state index in [4.69, 9.17) is 4.42 Å². The zero-order valence-corrected chi connectivity index (χ0v) is 18.5. The molecule has 0 bridgehead atoms. The first-order valence-electron chi connectivity index (χ1n) is 10.0. The number of oxazole rings is 1. The van der Waals surface area contributed by atoms with Crippen molar-refractivity contribution >= 4 is 39.5 Å². The zero-order chi connectivity index (χ0) is 23.1. The maximum atomic E-state index is 11.5. The number of nitrogens with one attached hydrogen (secondary N) is 2. The van der Waals surface area contributed by atoms with Crippen LogP contribution in [0.1, 0.15) is 11.1 Å². The van der Waals surface area contributed by atoms with Crippen LogP contribution in [0.4, 0.5) is 11.6 Å². The molecule has 0 aliphatic rings. The molecule has 2 N–H and O–H groups in total. The molecule has 11 heteroatoms. The van der Waals surface area contributed by atoms with Gasteiger partial charge in [0.25, 0.3) is 0 Å². The van der Waals surface area contributed by atoms with Crippen molar-refractivity contribution in [2.45, 2.75) is 13.5 Å². The molecule has 0 fully saturated rings. The molecule has 1 unspecified atom stereocenters. The van der Waals surface area contributed by atoms with Crippen molar-refractivity contribution in [3.8, 4) is 11.3 Å². The Bertz CT molecular complexity index is 1570. The lowest BCUT2D eigenvalue weighted by Crippen LogP contribution is -2.20. The lowest BCUT2D eigenvalue weighted by Gasteiger charge is -2.20. The van der Waals surface area contributed by atoms with Gasteiger partial charge in [0.15, 0.2) is 5.58 Å². The Morgan fingerprint density at radius 3 is 2.88 bits per heavy atom. The van der Waals surface area contributed by atoms with E-state index in [0.29, 0.717) is 22.7 Å². The molecule has 0 aliphatic carbocycles. The molecular formula is C22H19N6O4S-. The van der Waals surface area contributed by atoms with E-state index in [1.807, 2.05) is 49.4 Å². The van der Waals surface area contributed by atoms with Crippen molar-refractivity contribution in [3.05, 3.63) is 76.4 Å².